The van der Waals surface area contributed by atoms with Crippen molar-refractivity contribution in [2.24, 2.45) is 0 Å². The summed E-state index contributed by atoms with van der Waals surface area (Å²) in [6.07, 6.45) is 4.27. The summed E-state index contributed by atoms with van der Waals surface area (Å²) >= 11 is 2.56. The number of anilines is 1. The second kappa shape index (κ2) is 8.60. The first-order chi connectivity index (χ1) is 14.5. The molecule has 0 spiro atoms. The highest BCUT2D eigenvalue weighted by atomic mass is 32.1. The molecule has 0 aliphatic rings. The first-order valence-electron chi connectivity index (χ1n) is 9.09. The molecule has 0 aliphatic heterocycles. The van der Waals surface area contributed by atoms with Gasteiger partial charge in [0.2, 0.25) is 0 Å². The zero-order chi connectivity index (χ0) is 21.1. The van der Waals surface area contributed by atoms with E-state index in [0.29, 0.717) is 27.3 Å². The molecule has 7 nitrogen and oxygen atoms in total. The van der Waals surface area contributed by atoms with Crippen LogP contribution in [0.2, 0.25) is 0 Å². The molecule has 0 radical (unpaired) electrons. The van der Waals surface area contributed by atoms with Gasteiger partial charge in [0.25, 0.3) is 5.91 Å². The number of thiazole rings is 2. The number of aryl methyl sites for hydroxylation is 1. The molecule has 30 heavy (non-hydrogen) atoms. The van der Waals surface area contributed by atoms with Gasteiger partial charge in [0, 0.05) is 23.7 Å². The van der Waals surface area contributed by atoms with E-state index in [9.17, 15) is 9.59 Å². The Morgan fingerprint density at radius 2 is 1.80 bits per heavy atom. The summed E-state index contributed by atoms with van der Waals surface area (Å²) in [6, 6.07) is 13.5. The van der Waals surface area contributed by atoms with Crippen molar-refractivity contribution in [3.63, 3.8) is 0 Å². The average molecular weight is 439 g/mol. The van der Waals surface area contributed by atoms with Crippen molar-refractivity contribution >= 4 is 39.7 Å². The van der Waals surface area contributed by atoms with E-state index in [4.69, 9.17) is 4.74 Å². The second-order valence-electron chi connectivity index (χ2n) is 6.40. The van der Waals surface area contributed by atoms with E-state index < -0.39 is 5.97 Å². The highest BCUT2D eigenvalue weighted by Gasteiger charge is 2.22. The monoisotopic (exact) mass is 438 g/mol. The quantitative estimate of drug-likeness (QED) is 0.453. The number of hydrogen-bond acceptors (Lipinski definition) is 7. The van der Waals surface area contributed by atoms with E-state index in [1.807, 2.05) is 59.4 Å². The van der Waals surface area contributed by atoms with Gasteiger partial charge in [-0.3, -0.25) is 10.1 Å². The summed E-state index contributed by atoms with van der Waals surface area (Å²) in [7, 11) is 1.32. The van der Waals surface area contributed by atoms with Crippen LogP contribution in [0.4, 0.5) is 5.13 Å². The molecular weight excluding hydrogens is 420 g/mol. The van der Waals surface area contributed by atoms with Gasteiger partial charge in [-0.25, -0.2) is 14.8 Å². The maximum absolute atomic E-state index is 12.8. The highest BCUT2D eigenvalue weighted by molar-refractivity contribution is 7.17. The summed E-state index contributed by atoms with van der Waals surface area (Å²) in [5, 5.41) is 3.86. The number of esters is 1. The van der Waals surface area contributed by atoms with Gasteiger partial charge in [-0.2, -0.15) is 0 Å². The fourth-order valence-electron chi connectivity index (χ4n) is 2.88. The van der Waals surface area contributed by atoms with Crippen molar-refractivity contribution in [3.05, 3.63) is 81.6 Å². The predicted octanol–water partition coefficient (Wildman–Crippen LogP) is 4.33. The van der Waals surface area contributed by atoms with E-state index in [-0.39, 0.29) is 11.6 Å². The second-order valence-corrected chi connectivity index (χ2v) is 8.46. The first kappa shape index (κ1) is 20.0. The summed E-state index contributed by atoms with van der Waals surface area (Å²) < 4.78 is 6.72. The number of carbonyl (C=O) groups is 2. The van der Waals surface area contributed by atoms with Crippen LogP contribution in [0, 0.1) is 6.92 Å². The molecule has 0 unspecified atom stereocenters. The molecule has 0 saturated heterocycles. The molecule has 0 aliphatic carbocycles. The van der Waals surface area contributed by atoms with Crippen molar-refractivity contribution in [2.45, 2.75) is 13.3 Å². The van der Waals surface area contributed by atoms with Crippen LogP contribution in [-0.4, -0.2) is 33.5 Å². The standard InChI is InChI=1S/C21H18N4O3S2/c1-13-17(30-21(22-13)25-10-6-7-11-25)18(26)24-20-23-16(19(27)28-2)15(29-20)12-14-8-4-3-5-9-14/h3-11H,12H2,1-2H3,(H,23,24,26). The topological polar surface area (TPSA) is 86.1 Å². The largest absolute Gasteiger partial charge is 0.464 e. The molecule has 3 heterocycles. The maximum Gasteiger partial charge on any atom is 0.357 e. The molecule has 4 aromatic rings. The van der Waals surface area contributed by atoms with Crippen LogP contribution in [0.25, 0.3) is 5.13 Å². The number of carbonyl (C=O) groups excluding carboxylic acids is 2. The van der Waals surface area contributed by atoms with Crippen LogP contribution < -0.4 is 5.32 Å². The van der Waals surface area contributed by atoms with Gasteiger partial charge < -0.3 is 9.30 Å². The van der Waals surface area contributed by atoms with Gasteiger partial charge in [-0.1, -0.05) is 41.7 Å². The van der Waals surface area contributed by atoms with Crippen LogP contribution in [-0.2, 0) is 11.2 Å². The fraction of sp³-hybridized carbons (Fsp3) is 0.143. The molecule has 0 saturated carbocycles. The lowest BCUT2D eigenvalue weighted by Gasteiger charge is -2.00. The van der Waals surface area contributed by atoms with E-state index in [1.54, 1.807) is 6.92 Å². The Morgan fingerprint density at radius 3 is 2.50 bits per heavy atom. The number of benzene rings is 1. The zero-order valence-electron chi connectivity index (χ0n) is 16.3. The number of amides is 1. The lowest BCUT2D eigenvalue weighted by atomic mass is 10.1. The molecule has 0 bridgehead atoms. The SMILES string of the molecule is COC(=O)c1nc(NC(=O)c2sc(-n3cccc3)nc2C)sc1Cc1ccccc1. The minimum Gasteiger partial charge on any atom is -0.464 e. The van der Waals surface area contributed by atoms with Crippen molar-refractivity contribution in [3.8, 4) is 5.13 Å². The first-order valence-corrected chi connectivity index (χ1v) is 10.7. The molecular formula is C21H18N4O3S2. The Morgan fingerprint density at radius 1 is 1.07 bits per heavy atom. The Hall–Kier alpha value is -3.30. The van der Waals surface area contributed by atoms with Crippen LogP contribution in [0.15, 0.2) is 54.9 Å². The normalized spacial score (nSPS) is 10.7. The van der Waals surface area contributed by atoms with Gasteiger partial charge in [-0.05, 0) is 24.6 Å². The predicted molar refractivity (Wildman–Crippen MR) is 117 cm³/mol. The highest BCUT2D eigenvalue weighted by Crippen LogP contribution is 2.28. The molecule has 1 aromatic carbocycles. The average Bonchev–Trinajstić information content (AvgIpc) is 3.48. The minimum atomic E-state index is -0.526. The molecule has 1 N–H and O–H groups in total. The van der Waals surface area contributed by atoms with E-state index >= 15 is 0 Å². The van der Waals surface area contributed by atoms with E-state index in [1.165, 1.54) is 29.8 Å². The Balaban J connectivity index is 1.58. The van der Waals surface area contributed by atoms with Gasteiger partial charge in [0.15, 0.2) is 16.0 Å². The van der Waals surface area contributed by atoms with E-state index in [0.717, 1.165) is 10.4 Å². The van der Waals surface area contributed by atoms with Crippen LogP contribution >= 0.6 is 22.7 Å². The van der Waals surface area contributed by atoms with Gasteiger partial charge in [0.05, 0.1) is 12.8 Å². The van der Waals surface area contributed by atoms with E-state index in [2.05, 4.69) is 15.3 Å². The van der Waals surface area contributed by atoms with Gasteiger partial charge in [-0.15, -0.1) is 11.3 Å². The summed E-state index contributed by atoms with van der Waals surface area (Å²) in [4.78, 5) is 35.0. The van der Waals surface area contributed by atoms with Crippen molar-refractivity contribution in [1.82, 2.24) is 14.5 Å². The lowest BCUT2D eigenvalue weighted by molar-refractivity contribution is 0.0593. The van der Waals surface area contributed by atoms with Gasteiger partial charge >= 0.3 is 5.97 Å². The maximum atomic E-state index is 12.8. The number of nitrogens with zero attached hydrogens (tertiary/aromatic N) is 3. The fourth-order valence-corrected chi connectivity index (χ4v) is 4.79. The van der Waals surface area contributed by atoms with Gasteiger partial charge in [0.1, 0.15) is 4.88 Å². The Labute approximate surface area is 181 Å². The summed E-state index contributed by atoms with van der Waals surface area (Å²) in [6.45, 7) is 1.79. The third-order valence-corrected chi connectivity index (χ3v) is 6.46. The molecule has 4 rings (SSSR count). The number of methoxy groups -OCH3 is 1. The number of hydrogen-bond donors (Lipinski definition) is 1. The summed E-state index contributed by atoms with van der Waals surface area (Å²) in [5.74, 6) is -0.832. The number of rotatable bonds is 6. The zero-order valence-corrected chi connectivity index (χ0v) is 17.9. The Kier molecular flexibility index (Phi) is 5.73. The van der Waals surface area contributed by atoms with Crippen LogP contribution in [0.3, 0.4) is 0 Å². The Bertz CT molecular complexity index is 1180. The summed E-state index contributed by atoms with van der Waals surface area (Å²) in [5.41, 5.74) is 1.89. The number of nitrogens with one attached hydrogen (secondary N) is 1. The lowest BCUT2D eigenvalue weighted by Crippen LogP contribution is -2.12. The molecule has 3 aromatic heterocycles. The van der Waals surface area contributed by atoms with Crippen molar-refractivity contribution in [1.29, 1.82) is 0 Å². The molecule has 152 valence electrons. The molecule has 0 fully saturated rings. The number of ether oxygens (including phenoxy) is 1. The molecule has 9 heteroatoms. The third-order valence-electron chi connectivity index (χ3n) is 4.32. The molecule has 0 atom stereocenters. The third kappa shape index (κ3) is 4.17. The van der Waals surface area contributed by atoms with Crippen LogP contribution in [0.1, 0.15) is 36.3 Å². The van der Waals surface area contributed by atoms with Crippen LogP contribution in [0.5, 0.6) is 0 Å². The minimum absolute atomic E-state index is 0.218. The number of aromatic nitrogens is 3. The van der Waals surface area contributed by atoms with Crippen molar-refractivity contribution in [2.75, 3.05) is 12.4 Å². The van der Waals surface area contributed by atoms with Crippen molar-refractivity contribution < 1.29 is 14.3 Å². The molecule has 1 amide bonds. The smallest absolute Gasteiger partial charge is 0.357 e.